The van der Waals surface area contributed by atoms with Crippen molar-refractivity contribution in [1.82, 2.24) is 14.7 Å². The Labute approximate surface area is 161 Å². The molecule has 1 aromatic carbocycles. The summed E-state index contributed by atoms with van der Waals surface area (Å²) in [6, 6.07) is 8.35. The molecule has 1 amide bonds. The Morgan fingerprint density at radius 3 is 2.86 bits per heavy atom. The van der Waals surface area contributed by atoms with Crippen LogP contribution in [0.15, 0.2) is 53.3 Å². The zero-order chi connectivity index (χ0) is 20.1. The third kappa shape index (κ3) is 4.76. The molecule has 3 aromatic rings. The van der Waals surface area contributed by atoms with E-state index in [1.54, 1.807) is 30.5 Å². The molecule has 0 spiro atoms. The lowest BCUT2D eigenvalue weighted by atomic mass is 10.1. The molecule has 0 N–H and O–H groups in total. The van der Waals surface area contributed by atoms with Crippen LogP contribution < -0.4 is 4.74 Å². The second kappa shape index (κ2) is 8.69. The number of benzene rings is 1. The number of aromatic nitrogens is 2. The SMILES string of the molecule is CC(CCc1ccco1)N(C)C(=O)c1ccn(COc2ccc(F)cc2F)n1. The van der Waals surface area contributed by atoms with Gasteiger partial charge >= 0.3 is 0 Å². The molecule has 1 unspecified atom stereocenters. The molecular formula is C20H21F2N3O3. The summed E-state index contributed by atoms with van der Waals surface area (Å²) >= 11 is 0. The summed E-state index contributed by atoms with van der Waals surface area (Å²) < 4.78 is 38.5. The van der Waals surface area contributed by atoms with Gasteiger partial charge in [-0.1, -0.05) is 0 Å². The first-order chi connectivity index (χ1) is 13.4. The molecule has 8 heteroatoms. The molecule has 0 aliphatic rings. The number of carbonyl (C=O) groups is 1. The van der Waals surface area contributed by atoms with Crippen molar-refractivity contribution in [3.05, 3.63) is 71.9 Å². The molecule has 0 aliphatic heterocycles. The Bertz CT molecular complexity index is 925. The van der Waals surface area contributed by atoms with E-state index in [0.717, 1.165) is 30.7 Å². The number of furan rings is 1. The zero-order valence-electron chi connectivity index (χ0n) is 15.6. The topological polar surface area (TPSA) is 60.5 Å². The van der Waals surface area contributed by atoms with E-state index in [-0.39, 0.29) is 30.1 Å². The number of hydrogen-bond acceptors (Lipinski definition) is 4. The van der Waals surface area contributed by atoms with Gasteiger partial charge in [-0.15, -0.1) is 0 Å². The molecule has 1 atom stereocenters. The van der Waals surface area contributed by atoms with E-state index in [0.29, 0.717) is 0 Å². The van der Waals surface area contributed by atoms with Gasteiger partial charge in [0.1, 0.15) is 11.6 Å². The van der Waals surface area contributed by atoms with Crippen molar-refractivity contribution in [2.45, 2.75) is 32.5 Å². The van der Waals surface area contributed by atoms with Crippen LogP contribution in [0, 0.1) is 11.6 Å². The summed E-state index contributed by atoms with van der Waals surface area (Å²) in [5, 5.41) is 4.17. The summed E-state index contributed by atoms with van der Waals surface area (Å²) in [7, 11) is 1.72. The van der Waals surface area contributed by atoms with Crippen molar-refractivity contribution >= 4 is 5.91 Å². The fourth-order valence-electron chi connectivity index (χ4n) is 2.66. The Hall–Kier alpha value is -3.16. The van der Waals surface area contributed by atoms with E-state index >= 15 is 0 Å². The number of ether oxygens (including phenoxy) is 1. The number of hydrogen-bond donors (Lipinski definition) is 0. The number of aryl methyl sites for hydroxylation is 1. The Balaban J connectivity index is 1.55. The van der Waals surface area contributed by atoms with Crippen molar-refractivity contribution in [1.29, 1.82) is 0 Å². The van der Waals surface area contributed by atoms with Crippen LogP contribution in [0.25, 0.3) is 0 Å². The number of halogens is 2. The summed E-state index contributed by atoms with van der Waals surface area (Å²) in [5.74, 6) is -0.913. The molecule has 0 saturated carbocycles. The molecule has 0 saturated heterocycles. The maximum atomic E-state index is 13.6. The van der Waals surface area contributed by atoms with Crippen LogP contribution in [0.4, 0.5) is 8.78 Å². The summed E-state index contributed by atoms with van der Waals surface area (Å²) in [4.78, 5) is 14.2. The third-order valence-corrected chi connectivity index (χ3v) is 4.48. The van der Waals surface area contributed by atoms with E-state index in [4.69, 9.17) is 9.15 Å². The van der Waals surface area contributed by atoms with Crippen LogP contribution in [0.3, 0.4) is 0 Å². The second-order valence-corrected chi connectivity index (χ2v) is 6.47. The standard InChI is InChI=1S/C20H21F2N3O3/c1-14(5-7-16-4-3-11-27-16)24(2)20(26)18-9-10-25(23-18)13-28-19-8-6-15(21)12-17(19)22/h3-4,6,8-12,14H,5,7,13H2,1-2H3. The van der Waals surface area contributed by atoms with Crippen molar-refractivity contribution in [2.24, 2.45) is 0 Å². The first-order valence-electron chi connectivity index (χ1n) is 8.85. The summed E-state index contributed by atoms with van der Waals surface area (Å²) in [6.45, 7) is 1.85. The highest BCUT2D eigenvalue weighted by Crippen LogP contribution is 2.18. The molecule has 0 fully saturated rings. The van der Waals surface area contributed by atoms with Crippen LogP contribution in [-0.4, -0.2) is 33.7 Å². The van der Waals surface area contributed by atoms with Gasteiger partial charge in [-0.25, -0.2) is 13.5 Å². The number of amides is 1. The Kier molecular flexibility index (Phi) is 6.08. The van der Waals surface area contributed by atoms with Crippen LogP contribution in [0.5, 0.6) is 5.75 Å². The summed E-state index contributed by atoms with van der Waals surface area (Å²) in [5.41, 5.74) is 0.260. The fraction of sp³-hybridized carbons (Fsp3) is 0.300. The Morgan fingerprint density at radius 2 is 2.14 bits per heavy atom. The smallest absolute Gasteiger partial charge is 0.274 e. The van der Waals surface area contributed by atoms with Gasteiger partial charge in [0.15, 0.2) is 24.0 Å². The minimum absolute atomic E-state index is 0.00712. The van der Waals surface area contributed by atoms with Crippen LogP contribution in [0.2, 0.25) is 0 Å². The lowest BCUT2D eigenvalue weighted by Crippen LogP contribution is -2.35. The largest absolute Gasteiger partial charge is 0.469 e. The molecule has 28 heavy (non-hydrogen) atoms. The normalized spacial score (nSPS) is 12.0. The molecule has 3 rings (SSSR count). The van der Waals surface area contributed by atoms with E-state index < -0.39 is 11.6 Å². The van der Waals surface area contributed by atoms with E-state index in [1.807, 2.05) is 19.1 Å². The molecular weight excluding hydrogens is 368 g/mol. The van der Waals surface area contributed by atoms with E-state index in [1.165, 1.54) is 10.7 Å². The van der Waals surface area contributed by atoms with Crippen molar-refractivity contribution in [3.63, 3.8) is 0 Å². The molecule has 0 aliphatic carbocycles. The lowest BCUT2D eigenvalue weighted by molar-refractivity contribution is 0.0728. The van der Waals surface area contributed by atoms with Crippen LogP contribution in [-0.2, 0) is 13.2 Å². The van der Waals surface area contributed by atoms with Gasteiger partial charge in [-0.05, 0) is 43.7 Å². The number of rotatable bonds is 8. The minimum atomic E-state index is -0.798. The maximum Gasteiger partial charge on any atom is 0.274 e. The summed E-state index contributed by atoms with van der Waals surface area (Å²) in [6.07, 6.45) is 4.68. The molecule has 2 aromatic heterocycles. The first kappa shape index (κ1) is 19.6. The van der Waals surface area contributed by atoms with Gasteiger partial charge in [0.05, 0.1) is 6.26 Å². The highest BCUT2D eigenvalue weighted by atomic mass is 19.1. The van der Waals surface area contributed by atoms with Gasteiger partial charge in [-0.3, -0.25) is 4.79 Å². The predicted molar refractivity (Wildman–Crippen MR) is 97.8 cm³/mol. The van der Waals surface area contributed by atoms with Gasteiger partial charge < -0.3 is 14.1 Å². The Morgan fingerprint density at radius 1 is 1.32 bits per heavy atom. The highest BCUT2D eigenvalue weighted by Gasteiger charge is 2.20. The lowest BCUT2D eigenvalue weighted by Gasteiger charge is -2.23. The van der Waals surface area contributed by atoms with Crippen LogP contribution in [0.1, 0.15) is 29.6 Å². The molecule has 2 heterocycles. The molecule has 148 valence electrons. The van der Waals surface area contributed by atoms with Gasteiger partial charge in [0.25, 0.3) is 5.91 Å². The third-order valence-electron chi connectivity index (χ3n) is 4.48. The molecule has 6 nitrogen and oxygen atoms in total. The van der Waals surface area contributed by atoms with Crippen molar-refractivity contribution in [3.8, 4) is 5.75 Å². The predicted octanol–water partition coefficient (Wildman–Crippen LogP) is 3.88. The maximum absolute atomic E-state index is 13.6. The highest BCUT2D eigenvalue weighted by molar-refractivity contribution is 5.92. The second-order valence-electron chi connectivity index (χ2n) is 6.47. The van der Waals surface area contributed by atoms with E-state index in [2.05, 4.69) is 5.10 Å². The monoisotopic (exact) mass is 389 g/mol. The molecule has 0 radical (unpaired) electrons. The van der Waals surface area contributed by atoms with Gasteiger partial charge in [0.2, 0.25) is 0 Å². The van der Waals surface area contributed by atoms with Crippen molar-refractivity contribution < 1.29 is 22.7 Å². The van der Waals surface area contributed by atoms with Gasteiger partial charge in [0, 0.05) is 31.8 Å². The van der Waals surface area contributed by atoms with Crippen molar-refractivity contribution in [2.75, 3.05) is 7.05 Å². The van der Waals surface area contributed by atoms with Gasteiger partial charge in [-0.2, -0.15) is 5.10 Å². The number of carbonyl (C=O) groups excluding carboxylic acids is 1. The first-order valence-corrected chi connectivity index (χ1v) is 8.85. The number of nitrogens with zero attached hydrogens (tertiary/aromatic N) is 3. The fourth-order valence-corrected chi connectivity index (χ4v) is 2.66. The van der Waals surface area contributed by atoms with E-state index in [9.17, 15) is 13.6 Å². The quantitative estimate of drug-likeness (QED) is 0.587. The average Bonchev–Trinajstić information content (AvgIpc) is 3.36. The molecule has 0 bridgehead atoms. The van der Waals surface area contributed by atoms with Crippen LogP contribution >= 0.6 is 0 Å². The average molecular weight is 389 g/mol. The minimum Gasteiger partial charge on any atom is -0.469 e. The zero-order valence-corrected chi connectivity index (χ0v) is 15.6.